The molecule has 0 atom stereocenters. The summed E-state index contributed by atoms with van der Waals surface area (Å²) in [6.07, 6.45) is 2.75. The van der Waals surface area contributed by atoms with Gasteiger partial charge < -0.3 is 20.2 Å². The van der Waals surface area contributed by atoms with Gasteiger partial charge in [0.1, 0.15) is 11.6 Å². The number of anilines is 2. The number of amides is 1. The standard InChI is InChI=1S/C21H22FN3O5S.ClH/c1-21(2,23)20(26)24-14-4-7-19(29-3)18(10-14)25-31(27,28)15-5-6-16(17(22)11-15)13-8-9-30-12-13;/h4-12,25H,23H2,1-3H3,(H,24,26);1H. The smallest absolute Gasteiger partial charge is 0.262 e. The summed E-state index contributed by atoms with van der Waals surface area (Å²) in [5.74, 6) is -0.963. The van der Waals surface area contributed by atoms with Crippen LogP contribution in [0.25, 0.3) is 11.1 Å². The lowest BCUT2D eigenvalue weighted by Crippen LogP contribution is -2.45. The van der Waals surface area contributed by atoms with Gasteiger partial charge in [-0.1, -0.05) is 0 Å². The Morgan fingerprint density at radius 3 is 2.44 bits per heavy atom. The first-order valence-electron chi connectivity index (χ1n) is 9.14. The molecule has 0 saturated carbocycles. The zero-order valence-corrected chi connectivity index (χ0v) is 19.1. The van der Waals surface area contributed by atoms with Crippen molar-refractivity contribution in [3.63, 3.8) is 0 Å². The Hall–Kier alpha value is -3.08. The fraction of sp³-hybridized carbons (Fsp3) is 0.190. The van der Waals surface area contributed by atoms with Crippen LogP contribution >= 0.6 is 12.4 Å². The average molecular weight is 484 g/mol. The number of furan rings is 1. The number of ether oxygens (including phenoxy) is 1. The fourth-order valence-electron chi connectivity index (χ4n) is 2.68. The van der Waals surface area contributed by atoms with Gasteiger partial charge in [0.15, 0.2) is 0 Å². The molecular weight excluding hydrogens is 461 g/mol. The number of nitrogens with two attached hydrogens (primary N) is 1. The second-order valence-electron chi connectivity index (χ2n) is 7.35. The summed E-state index contributed by atoms with van der Waals surface area (Å²) in [4.78, 5) is 11.8. The molecule has 1 amide bonds. The molecule has 11 heteroatoms. The topological polar surface area (TPSA) is 124 Å². The molecule has 32 heavy (non-hydrogen) atoms. The van der Waals surface area contributed by atoms with Crippen LogP contribution in [0.5, 0.6) is 5.75 Å². The third-order valence-electron chi connectivity index (χ3n) is 4.37. The molecule has 3 rings (SSSR count). The minimum Gasteiger partial charge on any atom is -0.495 e. The highest BCUT2D eigenvalue weighted by Gasteiger charge is 2.23. The Kier molecular flexibility index (Phi) is 7.55. The highest BCUT2D eigenvalue weighted by molar-refractivity contribution is 7.92. The van der Waals surface area contributed by atoms with Gasteiger partial charge in [-0.05, 0) is 56.3 Å². The Morgan fingerprint density at radius 1 is 1.16 bits per heavy atom. The number of hydrogen-bond donors (Lipinski definition) is 3. The molecule has 172 valence electrons. The van der Waals surface area contributed by atoms with E-state index in [-0.39, 0.29) is 34.3 Å². The number of carbonyl (C=O) groups excluding carboxylic acids is 1. The monoisotopic (exact) mass is 483 g/mol. The summed E-state index contributed by atoms with van der Waals surface area (Å²) in [5.41, 5.74) is 5.71. The molecular formula is C21H23ClFN3O5S. The van der Waals surface area contributed by atoms with Gasteiger partial charge in [-0.15, -0.1) is 12.4 Å². The molecule has 8 nitrogen and oxygen atoms in total. The van der Waals surface area contributed by atoms with Crippen molar-refractivity contribution in [1.82, 2.24) is 0 Å². The van der Waals surface area contributed by atoms with Gasteiger partial charge in [0.25, 0.3) is 10.0 Å². The van der Waals surface area contributed by atoms with E-state index in [2.05, 4.69) is 10.0 Å². The van der Waals surface area contributed by atoms with Crippen LogP contribution in [0, 0.1) is 5.82 Å². The van der Waals surface area contributed by atoms with Crippen LogP contribution in [-0.2, 0) is 14.8 Å². The lowest BCUT2D eigenvalue weighted by atomic mass is 10.1. The first-order chi connectivity index (χ1) is 14.5. The zero-order valence-electron chi connectivity index (χ0n) is 17.5. The third-order valence-corrected chi connectivity index (χ3v) is 5.73. The maximum absolute atomic E-state index is 14.5. The fourth-order valence-corrected chi connectivity index (χ4v) is 3.75. The maximum atomic E-state index is 14.5. The van der Waals surface area contributed by atoms with Crippen molar-refractivity contribution in [2.45, 2.75) is 24.3 Å². The molecule has 2 aromatic carbocycles. The van der Waals surface area contributed by atoms with Crippen LogP contribution in [0.2, 0.25) is 0 Å². The summed E-state index contributed by atoms with van der Waals surface area (Å²) >= 11 is 0. The number of benzene rings is 2. The van der Waals surface area contributed by atoms with Crippen molar-refractivity contribution >= 4 is 39.7 Å². The number of carbonyl (C=O) groups is 1. The predicted molar refractivity (Wildman–Crippen MR) is 122 cm³/mol. The molecule has 0 bridgehead atoms. The molecule has 0 radical (unpaired) electrons. The normalized spacial score (nSPS) is 11.4. The number of nitrogens with one attached hydrogen (secondary N) is 2. The van der Waals surface area contributed by atoms with Gasteiger partial charge in [0.2, 0.25) is 5.91 Å². The SMILES string of the molecule is COc1ccc(NC(=O)C(C)(C)N)cc1NS(=O)(=O)c1ccc(-c2ccoc2)c(F)c1.Cl. The van der Waals surface area contributed by atoms with Gasteiger partial charge in [0.05, 0.1) is 35.8 Å². The van der Waals surface area contributed by atoms with Crippen molar-refractivity contribution in [2.24, 2.45) is 5.73 Å². The second kappa shape index (κ2) is 9.60. The van der Waals surface area contributed by atoms with Crippen LogP contribution in [0.3, 0.4) is 0 Å². The summed E-state index contributed by atoms with van der Waals surface area (Å²) in [5, 5.41) is 2.61. The van der Waals surface area contributed by atoms with E-state index >= 15 is 0 Å². The summed E-state index contributed by atoms with van der Waals surface area (Å²) in [6.45, 7) is 3.08. The molecule has 3 aromatic rings. The first-order valence-corrected chi connectivity index (χ1v) is 10.6. The summed E-state index contributed by atoms with van der Waals surface area (Å²) in [6, 6.07) is 9.53. The van der Waals surface area contributed by atoms with Gasteiger partial charge in [-0.3, -0.25) is 9.52 Å². The van der Waals surface area contributed by atoms with E-state index in [1.807, 2.05) is 0 Å². The number of halogens is 2. The highest BCUT2D eigenvalue weighted by Crippen LogP contribution is 2.31. The van der Waals surface area contributed by atoms with Crippen molar-refractivity contribution < 1.29 is 26.8 Å². The largest absolute Gasteiger partial charge is 0.495 e. The molecule has 1 aromatic heterocycles. The number of hydrogen-bond acceptors (Lipinski definition) is 6. The van der Waals surface area contributed by atoms with Crippen LogP contribution in [0.4, 0.5) is 15.8 Å². The Labute approximate surface area is 191 Å². The van der Waals surface area contributed by atoms with Gasteiger partial charge in [-0.25, -0.2) is 12.8 Å². The van der Waals surface area contributed by atoms with Crippen LogP contribution < -0.4 is 20.5 Å². The van der Waals surface area contributed by atoms with E-state index in [0.29, 0.717) is 11.3 Å². The van der Waals surface area contributed by atoms with Crippen molar-refractivity contribution in [3.8, 4) is 16.9 Å². The molecule has 0 aliphatic carbocycles. The second-order valence-corrected chi connectivity index (χ2v) is 9.03. The minimum absolute atomic E-state index is 0. The molecule has 0 aliphatic heterocycles. The lowest BCUT2D eigenvalue weighted by Gasteiger charge is -2.19. The van der Waals surface area contributed by atoms with E-state index in [0.717, 1.165) is 6.07 Å². The van der Waals surface area contributed by atoms with Gasteiger partial charge >= 0.3 is 0 Å². The lowest BCUT2D eigenvalue weighted by molar-refractivity contribution is -0.120. The van der Waals surface area contributed by atoms with Crippen molar-refractivity contribution in [3.05, 3.63) is 60.8 Å². The molecule has 0 saturated heterocycles. The van der Waals surface area contributed by atoms with Gasteiger partial charge in [-0.2, -0.15) is 0 Å². The summed E-state index contributed by atoms with van der Waals surface area (Å²) < 4.78 is 52.7. The average Bonchev–Trinajstić information content (AvgIpc) is 3.21. The van der Waals surface area contributed by atoms with Crippen molar-refractivity contribution in [1.29, 1.82) is 0 Å². The number of methoxy groups -OCH3 is 1. The molecule has 1 heterocycles. The van der Waals surface area contributed by atoms with E-state index < -0.39 is 27.3 Å². The Bertz CT molecular complexity index is 1210. The molecule has 0 unspecified atom stereocenters. The van der Waals surface area contributed by atoms with E-state index in [1.54, 1.807) is 12.1 Å². The predicted octanol–water partition coefficient (Wildman–Crippen LogP) is 3.99. The first kappa shape index (κ1) is 25.2. The van der Waals surface area contributed by atoms with Gasteiger partial charge in [0, 0.05) is 16.8 Å². The Balaban J connectivity index is 0.00000363. The molecule has 0 spiro atoms. The molecule has 4 N–H and O–H groups in total. The Morgan fingerprint density at radius 2 is 1.88 bits per heavy atom. The maximum Gasteiger partial charge on any atom is 0.262 e. The number of rotatable bonds is 7. The van der Waals surface area contributed by atoms with Crippen LogP contribution in [0.1, 0.15) is 13.8 Å². The summed E-state index contributed by atoms with van der Waals surface area (Å²) in [7, 11) is -2.79. The van der Waals surface area contributed by atoms with Crippen LogP contribution in [0.15, 0.2) is 64.3 Å². The highest BCUT2D eigenvalue weighted by atomic mass is 35.5. The molecule has 0 fully saturated rings. The number of sulfonamides is 1. The zero-order chi connectivity index (χ0) is 22.8. The molecule has 0 aliphatic rings. The van der Waals surface area contributed by atoms with E-state index in [9.17, 15) is 17.6 Å². The van der Waals surface area contributed by atoms with Crippen molar-refractivity contribution in [2.75, 3.05) is 17.1 Å². The minimum atomic E-state index is -4.16. The van der Waals surface area contributed by atoms with E-state index in [4.69, 9.17) is 14.9 Å². The van der Waals surface area contributed by atoms with Crippen LogP contribution in [-0.4, -0.2) is 27.0 Å². The van der Waals surface area contributed by atoms with E-state index in [1.165, 1.54) is 57.7 Å². The quantitative estimate of drug-likeness (QED) is 0.466. The third kappa shape index (κ3) is 5.58.